The number of hydrogen-bond donors (Lipinski definition) is 1. The highest BCUT2D eigenvalue weighted by Gasteiger charge is 2.32. The van der Waals surface area contributed by atoms with Gasteiger partial charge in [-0.2, -0.15) is 5.10 Å². The normalized spacial score (nSPS) is 11.8. The van der Waals surface area contributed by atoms with Crippen molar-refractivity contribution in [2.24, 2.45) is 0 Å². The molecule has 1 unspecified atom stereocenters. The summed E-state index contributed by atoms with van der Waals surface area (Å²) in [6.07, 6.45) is -4.57. The minimum atomic E-state index is -4.88. The quantitative estimate of drug-likeness (QED) is 0.320. The number of halogens is 4. The van der Waals surface area contributed by atoms with Crippen LogP contribution in [-0.4, -0.2) is 28.9 Å². The van der Waals surface area contributed by atoms with Crippen LogP contribution in [0.25, 0.3) is 10.6 Å². The first-order valence-corrected chi connectivity index (χ1v) is 13.0. The van der Waals surface area contributed by atoms with E-state index in [9.17, 15) is 18.0 Å². The molecule has 2 heterocycles. The van der Waals surface area contributed by atoms with Gasteiger partial charge >= 0.3 is 6.36 Å². The molecule has 0 aliphatic carbocycles. The molecule has 0 spiro atoms. The van der Waals surface area contributed by atoms with E-state index >= 15 is 0 Å². The maximum absolute atomic E-state index is 12.5. The molecule has 0 fully saturated rings. The van der Waals surface area contributed by atoms with E-state index in [4.69, 9.17) is 4.74 Å². The van der Waals surface area contributed by atoms with Crippen molar-refractivity contribution < 1.29 is 27.4 Å². The smallest absolute Gasteiger partial charge is 0.495 e. The number of nitrogens with zero attached hydrogens (tertiary/aromatic N) is 2. The molecule has 12 heteroatoms. The van der Waals surface area contributed by atoms with Crippen LogP contribution in [0.15, 0.2) is 41.8 Å². The highest BCUT2D eigenvalue weighted by Crippen LogP contribution is 2.39. The number of methoxy groups -OCH3 is 1. The molecule has 0 saturated carbocycles. The predicted octanol–water partition coefficient (Wildman–Crippen LogP) is 5.24. The first-order valence-electron chi connectivity index (χ1n) is 8.03. The van der Waals surface area contributed by atoms with Gasteiger partial charge in [-0.25, -0.2) is 4.45 Å². The molecular weight excluding hydrogens is 541 g/mol. The van der Waals surface area contributed by atoms with Gasteiger partial charge in [0.25, 0.3) is 5.91 Å². The second-order valence-electron chi connectivity index (χ2n) is 5.56. The van der Waals surface area contributed by atoms with E-state index in [0.29, 0.717) is 12.1 Å². The molecule has 6 nitrogen and oxygen atoms in total. The minimum absolute atomic E-state index is 0.0496. The average Bonchev–Trinajstić information content (AvgIpc) is 3.31. The number of benzene rings is 1. The van der Waals surface area contributed by atoms with Crippen LogP contribution in [0.2, 0.25) is 0 Å². The molecule has 29 heavy (non-hydrogen) atoms. The second kappa shape index (κ2) is 9.31. The monoisotopic (exact) mass is 555 g/mol. The minimum Gasteiger partial charge on any atom is -0.495 e. The van der Waals surface area contributed by atoms with Gasteiger partial charge in [0.15, 0.2) is 0 Å². The van der Waals surface area contributed by atoms with Crippen LogP contribution < -0.4 is 14.8 Å². The Hall–Kier alpha value is -1.85. The number of nitrogens with one attached hydrogen (secondary N) is 1. The lowest BCUT2D eigenvalue weighted by Gasteiger charge is -2.12. The van der Waals surface area contributed by atoms with Gasteiger partial charge in [0.05, 0.1) is 41.9 Å². The lowest BCUT2D eigenvalue weighted by Crippen LogP contribution is -2.25. The van der Waals surface area contributed by atoms with Crippen LogP contribution in [0.3, 0.4) is 0 Å². The number of thiophene rings is 1. The summed E-state index contributed by atoms with van der Waals surface area (Å²) in [5, 5.41) is 8.95. The van der Waals surface area contributed by atoms with E-state index in [2.05, 4.69) is 37.2 Å². The summed E-state index contributed by atoms with van der Waals surface area (Å²) in [5.41, 5.74) is 1.21. The first kappa shape index (κ1) is 21.8. The van der Waals surface area contributed by atoms with Gasteiger partial charge < -0.3 is 14.8 Å². The Kier molecular flexibility index (Phi) is 7.01. The number of amides is 1. The molecule has 3 aromatic rings. The third kappa shape index (κ3) is 5.40. The number of carbonyl (C=O) groups is 1. The topological polar surface area (TPSA) is 65.4 Å². The summed E-state index contributed by atoms with van der Waals surface area (Å²) in [6.45, 7) is 0.0496. The van der Waals surface area contributed by atoms with Crippen molar-refractivity contribution in [2.45, 2.75) is 12.9 Å². The molecule has 0 radical (unpaired) electrons. The van der Waals surface area contributed by atoms with E-state index in [1.807, 2.05) is 17.5 Å². The molecular formula is C17H14F3IN3O3PS. The number of hydrogen-bond acceptors (Lipinski definition) is 5. The Labute approximate surface area is 182 Å². The Morgan fingerprint density at radius 2 is 2.07 bits per heavy atom. The number of para-hydroxylation sites is 1. The van der Waals surface area contributed by atoms with Crippen LogP contribution in [0.1, 0.15) is 16.1 Å². The lowest BCUT2D eigenvalue weighted by molar-refractivity contribution is -0.274. The third-order valence-electron chi connectivity index (χ3n) is 3.71. The molecule has 3 rings (SSSR count). The Bertz CT molecular complexity index is 1010. The van der Waals surface area contributed by atoms with Crippen molar-refractivity contribution in [3.63, 3.8) is 0 Å². The standard InChI is InChI=1S/C17H14F3IN3O3PS/c1-26-14-6-7-29-15(14)12-8-10(23-24(12)28-21)9-22-16(25)11-4-2-3-5-13(11)27-17(18,19)20/h2-8,28H,9H2,1H3,(H,22,25). The van der Waals surface area contributed by atoms with E-state index in [1.54, 1.807) is 11.6 Å². The van der Waals surface area contributed by atoms with Crippen LogP contribution in [-0.2, 0) is 6.54 Å². The maximum Gasteiger partial charge on any atom is 0.573 e. The molecule has 2 aromatic heterocycles. The molecule has 1 aromatic carbocycles. The summed E-state index contributed by atoms with van der Waals surface area (Å²) in [7, 11) is 1.58. The fraction of sp³-hybridized carbons (Fsp3) is 0.176. The summed E-state index contributed by atoms with van der Waals surface area (Å²) in [5.74, 6) is -0.521. The van der Waals surface area contributed by atoms with E-state index in [0.717, 1.165) is 22.4 Å². The molecule has 154 valence electrons. The highest BCUT2D eigenvalue weighted by molar-refractivity contribution is 14.2. The van der Waals surface area contributed by atoms with Gasteiger partial charge in [-0.1, -0.05) is 12.1 Å². The summed E-state index contributed by atoms with van der Waals surface area (Å²) in [6, 6.07) is 8.86. The van der Waals surface area contributed by atoms with Gasteiger partial charge in [-0.3, -0.25) is 4.79 Å². The number of alkyl halides is 3. The predicted molar refractivity (Wildman–Crippen MR) is 114 cm³/mol. The van der Waals surface area contributed by atoms with Gasteiger partial charge in [0.2, 0.25) is 0 Å². The van der Waals surface area contributed by atoms with Crippen LogP contribution in [0.4, 0.5) is 13.2 Å². The van der Waals surface area contributed by atoms with Crippen molar-refractivity contribution in [1.82, 2.24) is 14.9 Å². The highest BCUT2D eigenvalue weighted by atomic mass is 127. The van der Waals surface area contributed by atoms with Crippen molar-refractivity contribution in [1.29, 1.82) is 0 Å². The SMILES string of the molecule is COc1ccsc1-c1cc(CNC(=O)c2ccccc2OC(F)(F)F)nn1PI. The summed E-state index contributed by atoms with van der Waals surface area (Å²) < 4.78 is 48.7. The van der Waals surface area contributed by atoms with Crippen molar-refractivity contribution >= 4 is 45.7 Å². The second-order valence-corrected chi connectivity index (χ2v) is 8.52. The number of carbonyl (C=O) groups excluding carboxylic acids is 1. The van der Waals surface area contributed by atoms with Gasteiger partial charge in [-0.15, -0.1) is 24.5 Å². The number of aromatic nitrogens is 2. The Balaban J connectivity index is 1.77. The van der Waals surface area contributed by atoms with E-state index in [-0.39, 0.29) is 12.1 Å². The van der Waals surface area contributed by atoms with Gasteiger partial charge in [0.1, 0.15) is 11.5 Å². The fourth-order valence-corrected chi connectivity index (χ4v) is 5.00. The van der Waals surface area contributed by atoms with Crippen LogP contribution >= 0.6 is 39.8 Å². The Morgan fingerprint density at radius 3 is 2.76 bits per heavy atom. The van der Waals surface area contributed by atoms with Gasteiger partial charge in [0, 0.05) is 0 Å². The van der Waals surface area contributed by atoms with Crippen molar-refractivity contribution in [3.8, 4) is 22.1 Å². The number of rotatable bonds is 7. The van der Waals surface area contributed by atoms with E-state index < -0.39 is 18.0 Å². The average molecular weight is 555 g/mol. The lowest BCUT2D eigenvalue weighted by atomic mass is 10.2. The van der Waals surface area contributed by atoms with Crippen LogP contribution in [0.5, 0.6) is 11.5 Å². The zero-order valence-electron chi connectivity index (χ0n) is 14.8. The molecule has 0 aliphatic rings. The third-order valence-corrected chi connectivity index (χ3v) is 6.50. The fourth-order valence-electron chi connectivity index (χ4n) is 2.52. The molecule has 1 amide bonds. The number of ether oxygens (including phenoxy) is 2. The molecule has 0 saturated heterocycles. The van der Waals surface area contributed by atoms with Crippen LogP contribution in [0, 0.1) is 0 Å². The van der Waals surface area contributed by atoms with Gasteiger partial charge in [-0.05, 0) is 51.7 Å². The molecule has 1 N–H and O–H groups in total. The van der Waals surface area contributed by atoms with E-state index in [1.165, 1.54) is 29.5 Å². The summed E-state index contributed by atoms with van der Waals surface area (Å²) >= 11 is 3.69. The van der Waals surface area contributed by atoms with Crippen molar-refractivity contribution in [2.75, 3.05) is 7.11 Å². The van der Waals surface area contributed by atoms with Crippen molar-refractivity contribution in [3.05, 3.63) is 53.0 Å². The first-order chi connectivity index (χ1) is 13.8. The largest absolute Gasteiger partial charge is 0.573 e. The maximum atomic E-state index is 12.5. The molecule has 0 aliphatic heterocycles. The molecule has 1 atom stereocenters. The zero-order chi connectivity index (χ0) is 21.0. The Morgan fingerprint density at radius 1 is 1.31 bits per heavy atom. The summed E-state index contributed by atoms with van der Waals surface area (Å²) in [4.78, 5) is 13.3. The molecule has 0 bridgehead atoms. The zero-order valence-corrected chi connectivity index (χ0v) is 18.8.